The smallest absolute Gasteiger partial charge is 0.0473 e. The summed E-state index contributed by atoms with van der Waals surface area (Å²) in [4.78, 5) is 2.43. The van der Waals surface area contributed by atoms with Crippen molar-refractivity contribution in [2.75, 3.05) is 4.90 Å². The molecule has 0 saturated carbocycles. The lowest BCUT2D eigenvalue weighted by atomic mass is 9.82. The van der Waals surface area contributed by atoms with Gasteiger partial charge in [-0.2, -0.15) is 0 Å². The first-order valence-electron chi connectivity index (χ1n) is 15.2. The highest BCUT2D eigenvalue weighted by Crippen LogP contribution is 2.50. The van der Waals surface area contributed by atoms with E-state index in [1.165, 1.54) is 44.5 Å². The minimum absolute atomic E-state index is 0.0213. The number of hydrogen-bond donors (Lipinski definition) is 0. The summed E-state index contributed by atoms with van der Waals surface area (Å²) in [6.07, 6.45) is 11.3. The molecule has 5 aromatic carbocycles. The van der Waals surface area contributed by atoms with Crippen LogP contribution in [0, 0.1) is 5.41 Å². The molecule has 0 radical (unpaired) electrons. The van der Waals surface area contributed by atoms with Crippen molar-refractivity contribution in [2.45, 2.75) is 33.1 Å². The standard InChI is InChI=1S/C42H37N/c1-41(2)24-13-18-34(23-25-41)43(35-21-22-38-37-19-11-12-20-39(37)42(3,4)40(38)29-35)36-27-32(30-14-7-5-8-15-30)26-33(28-36)31-16-9-6-10-17-31/h5-29H,1-4H3. The summed E-state index contributed by atoms with van der Waals surface area (Å²) in [6, 6.07) is 44.3. The Kier molecular flexibility index (Phi) is 6.55. The molecule has 43 heavy (non-hydrogen) atoms. The zero-order chi connectivity index (χ0) is 29.6. The van der Waals surface area contributed by atoms with E-state index in [1.54, 1.807) is 0 Å². The molecule has 0 atom stereocenters. The maximum atomic E-state index is 2.43. The fraction of sp³-hybridized carbons (Fsp3) is 0.143. The highest BCUT2D eigenvalue weighted by atomic mass is 15.1. The average molecular weight is 556 g/mol. The summed E-state index contributed by atoms with van der Waals surface area (Å²) < 4.78 is 0. The largest absolute Gasteiger partial charge is 0.310 e. The van der Waals surface area contributed by atoms with Gasteiger partial charge in [0.25, 0.3) is 0 Å². The van der Waals surface area contributed by atoms with E-state index in [0.717, 1.165) is 17.1 Å². The van der Waals surface area contributed by atoms with E-state index >= 15 is 0 Å². The first kappa shape index (κ1) is 27.0. The lowest BCUT2D eigenvalue weighted by Gasteiger charge is -2.29. The number of rotatable bonds is 5. The fourth-order valence-electron chi connectivity index (χ4n) is 6.57. The molecule has 210 valence electrons. The van der Waals surface area contributed by atoms with Gasteiger partial charge in [-0.15, -0.1) is 0 Å². The van der Waals surface area contributed by atoms with E-state index < -0.39 is 0 Å². The average Bonchev–Trinajstić information content (AvgIpc) is 3.12. The van der Waals surface area contributed by atoms with E-state index in [9.17, 15) is 0 Å². The first-order valence-corrected chi connectivity index (χ1v) is 15.2. The van der Waals surface area contributed by atoms with E-state index in [2.05, 4.69) is 184 Å². The lowest BCUT2D eigenvalue weighted by Crippen LogP contribution is -2.18. The van der Waals surface area contributed by atoms with Crippen LogP contribution in [0.3, 0.4) is 0 Å². The van der Waals surface area contributed by atoms with E-state index in [4.69, 9.17) is 0 Å². The normalized spacial score (nSPS) is 15.8. The number of fused-ring (bicyclic) bond motifs is 3. The van der Waals surface area contributed by atoms with Crippen LogP contribution in [-0.4, -0.2) is 0 Å². The predicted molar refractivity (Wildman–Crippen MR) is 184 cm³/mol. The molecule has 2 aliphatic carbocycles. The Balaban J connectivity index is 1.46. The van der Waals surface area contributed by atoms with Gasteiger partial charge in [0, 0.05) is 27.9 Å². The molecule has 7 rings (SSSR count). The third-order valence-electron chi connectivity index (χ3n) is 8.95. The molecule has 0 unspecified atom stereocenters. The molecule has 0 aromatic heterocycles. The van der Waals surface area contributed by atoms with Gasteiger partial charge in [-0.1, -0.05) is 137 Å². The second-order valence-corrected chi connectivity index (χ2v) is 12.8. The van der Waals surface area contributed by atoms with Crippen LogP contribution in [0.15, 0.2) is 157 Å². The minimum atomic E-state index is -0.0791. The molecule has 1 heteroatoms. The summed E-state index contributed by atoms with van der Waals surface area (Å²) in [5, 5.41) is 0. The van der Waals surface area contributed by atoms with Gasteiger partial charge in [0.2, 0.25) is 0 Å². The Bertz CT molecular complexity index is 1840. The number of nitrogens with zero attached hydrogens (tertiary/aromatic N) is 1. The van der Waals surface area contributed by atoms with E-state index in [0.29, 0.717) is 0 Å². The molecule has 2 aliphatic rings. The molecule has 0 saturated heterocycles. The Labute approximate surface area is 256 Å². The molecule has 5 aromatic rings. The predicted octanol–water partition coefficient (Wildman–Crippen LogP) is 11.5. The van der Waals surface area contributed by atoms with Crippen molar-refractivity contribution in [3.8, 4) is 33.4 Å². The van der Waals surface area contributed by atoms with Crippen molar-refractivity contribution in [3.63, 3.8) is 0 Å². The van der Waals surface area contributed by atoms with Gasteiger partial charge in [0.1, 0.15) is 0 Å². The number of anilines is 2. The zero-order valence-corrected chi connectivity index (χ0v) is 25.4. The number of benzene rings is 5. The summed E-state index contributed by atoms with van der Waals surface area (Å²) in [5.74, 6) is 0. The molecular formula is C42H37N. The minimum Gasteiger partial charge on any atom is -0.310 e. The molecule has 0 bridgehead atoms. The lowest BCUT2D eigenvalue weighted by molar-refractivity contribution is 0.627. The van der Waals surface area contributed by atoms with Crippen molar-refractivity contribution >= 4 is 11.4 Å². The molecule has 0 amide bonds. The van der Waals surface area contributed by atoms with E-state index in [1.807, 2.05) is 0 Å². The summed E-state index contributed by atoms with van der Waals surface area (Å²) in [5.41, 5.74) is 13.6. The van der Waals surface area contributed by atoms with Gasteiger partial charge in [0.05, 0.1) is 0 Å². The Hall–Kier alpha value is -4.88. The second-order valence-electron chi connectivity index (χ2n) is 12.8. The van der Waals surface area contributed by atoms with Gasteiger partial charge in [-0.05, 0) is 87.0 Å². The zero-order valence-electron chi connectivity index (χ0n) is 25.4. The molecule has 0 N–H and O–H groups in total. The van der Waals surface area contributed by atoms with Crippen LogP contribution < -0.4 is 4.90 Å². The SMILES string of the molecule is CC1(C)C=CC=C(N(c2cc(-c3ccccc3)cc(-c3ccccc3)c2)c2ccc3c(c2)C(C)(C)c2ccccc2-3)C=C1. The Morgan fingerprint density at radius 3 is 1.77 bits per heavy atom. The molecule has 1 nitrogen and oxygen atoms in total. The quantitative estimate of drug-likeness (QED) is 0.208. The van der Waals surface area contributed by atoms with Crippen LogP contribution in [0.5, 0.6) is 0 Å². The van der Waals surface area contributed by atoms with E-state index in [-0.39, 0.29) is 10.8 Å². The molecule has 0 heterocycles. The first-order chi connectivity index (χ1) is 20.8. The summed E-state index contributed by atoms with van der Waals surface area (Å²) in [6.45, 7) is 9.20. The van der Waals surface area contributed by atoms with Gasteiger partial charge in [0.15, 0.2) is 0 Å². The van der Waals surface area contributed by atoms with Crippen LogP contribution >= 0.6 is 0 Å². The summed E-state index contributed by atoms with van der Waals surface area (Å²) in [7, 11) is 0. The maximum absolute atomic E-state index is 2.43. The van der Waals surface area contributed by atoms with Gasteiger partial charge in [-0.3, -0.25) is 0 Å². The second kappa shape index (κ2) is 10.4. The molecule has 0 fully saturated rings. The van der Waals surface area contributed by atoms with Crippen LogP contribution in [-0.2, 0) is 5.41 Å². The molecule has 0 spiro atoms. The number of hydrogen-bond acceptors (Lipinski definition) is 1. The van der Waals surface area contributed by atoms with Crippen LogP contribution in [0.2, 0.25) is 0 Å². The third-order valence-corrected chi connectivity index (χ3v) is 8.95. The van der Waals surface area contributed by atoms with Crippen molar-refractivity contribution in [2.24, 2.45) is 5.41 Å². The van der Waals surface area contributed by atoms with Gasteiger partial charge in [-0.25, -0.2) is 0 Å². The van der Waals surface area contributed by atoms with Crippen molar-refractivity contribution in [1.29, 1.82) is 0 Å². The Morgan fingerprint density at radius 2 is 1.09 bits per heavy atom. The topological polar surface area (TPSA) is 3.24 Å². The maximum Gasteiger partial charge on any atom is 0.0473 e. The Morgan fingerprint density at radius 1 is 0.488 bits per heavy atom. The van der Waals surface area contributed by atoms with Crippen LogP contribution in [0.1, 0.15) is 38.8 Å². The fourth-order valence-corrected chi connectivity index (χ4v) is 6.57. The van der Waals surface area contributed by atoms with Crippen LogP contribution in [0.4, 0.5) is 11.4 Å². The monoisotopic (exact) mass is 555 g/mol. The highest BCUT2D eigenvalue weighted by molar-refractivity contribution is 5.86. The van der Waals surface area contributed by atoms with Crippen LogP contribution in [0.25, 0.3) is 33.4 Å². The highest BCUT2D eigenvalue weighted by Gasteiger charge is 2.35. The van der Waals surface area contributed by atoms with Gasteiger partial charge >= 0.3 is 0 Å². The summed E-state index contributed by atoms with van der Waals surface area (Å²) >= 11 is 0. The van der Waals surface area contributed by atoms with Crippen molar-refractivity contribution < 1.29 is 0 Å². The third kappa shape index (κ3) is 4.96. The molecular weight excluding hydrogens is 518 g/mol. The van der Waals surface area contributed by atoms with Crippen molar-refractivity contribution in [1.82, 2.24) is 0 Å². The van der Waals surface area contributed by atoms with Gasteiger partial charge < -0.3 is 4.90 Å². The molecule has 0 aliphatic heterocycles. The number of allylic oxidation sites excluding steroid dienone is 5. The van der Waals surface area contributed by atoms with Crippen molar-refractivity contribution in [3.05, 3.63) is 169 Å².